The van der Waals surface area contributed by atoms with Gasteiger partial charge >= 0.3 is 0 Å². The highest BCUT2D eigenvalue weighted by Crippen LogP contribution is 1.68. The van der Waals surface area contributed by atoms with E-state index in [-0.39, 0.29) is 0 Å². The van der Waals surface area contributed by atoms with Gasteiger partial charge in [-0.15, -0.1) is 0 Å². The first kappa shape index (κ1) is 5.23. The summed E-state index contributed by atoms with van der Waals surface area (Å²) < 4.78 is 2.70. The van der Waals surface area contributed by atoms with E-state index in [2.05, 4.69) is 9.55 Å². The minimum Gasteiger partial charge on any atom is -0.261 e. The van der Waals surface area contributed by atoms with Crippen molar-refractivity contribution in [2.45, 2.75) is 0 Å². The number of nitrogens with one attached hydrogen (secondary N) is 2. The predicted molar refractivity (Wildman–Crippen MR) is 24.0 cm³/mol. The zero-order valence-electron chi connectivity index (χ0n) is 2.99. The Bertz CT molecular complexity index is 14.4. The van der Waals surface area contributed by atoms with E-state index in [1.807, 2.05) is 0 Å². The Hall–Kier alpha value is 0.230. The van der Waals surface area contributed by atoms with Crippen molar-refractivity contribution in [3.8, 4) is 0 Å². The minimum absolute atomic E-state index is 1.24. The molecule has 4 heteroatoms. The maximum atomic E-state index is 4.79. The number of rotatable bonds is 2. The summed E-state index contributed by atoms with van der Waals surface area (Å²) in [7, 11) is 1.78. The zero-order chi connectivity index (χ0) is 4.12. The lowest BCUT2D eigenvalue weighted by Crippen LogP contribution is -2.16. The standard InChI is InChI=1S/CH7N3S/c1-3-5-4-2/h3-4H,2H2,1H3. The summed E-state index contributed by atoms with van der Waals surface area (Å²) in [6.07, 6.45) is 0. The molecule has 0 spiro atoms. The maximum Gasteiger partial charge on any atom is 0.0179 e. The van der Waals surface area contributed by atoms with Crippen molar-refractivity contribution in [2.75, 3.05) is 7.05 Å². The molecule has 0 aliphatic carbocycles. The lowest BCUT2D eigenvalue weighted by Gasteiger charge is -1.86. The predicted octanol–water partition coefficient (Wildman–Crippen LogP) is -0.768. The molecule has 0 radical (unpaired) electrons. The van der Waals surface area contributed by atoms with Crippen molar-refractivity contribution < 1.29 is 0 Å². The van der Waals surface area contributed by atoms with Gasteiger partial charge in [-0.3, -0.25) is 10.6 Å². The quantitative estimate of drug-likeness (QED) is 0.238. The molecule has 3 nitrogen and oxygen atoms in total. The van der Waals surface area contributed by atoms with Crippen LogP contribution in [0.4, 0.5) is 0 Å². The van der Waals surface area contributed by atoms with Gasteiger partial charge in [-0.1, -0.05) is 0 Å². The van der Waals surface area contributed by atoms with Gasteiger partial charge < -0.3 is 0 Å². The van der Waals surface area contributed by atoms with Crippen LogP contribution in [0.1, 0.15) is 0 Å². The smallest absolute Gasteiger partial charge is 0.0179 e. The molecule has 0 bridgehead atoms. The number of hydrazine groups is 1. The van der Waals surface area contributed by atoms with Gasteiger partial charge in [0.25, 0.3) is 0 Å². The summed E-state index contributed by atoms with van der Waals surface area (Å²) in [6, 6.07) is 0. The van der Waals surface area contributed by atoms with Crippen molar-refractivity contribution in [1.82, 2.24) is 9.55 Å². The average Bonchev–Trinajstić information content (AvgIpc) is 1.41. The molecule has 0 saturated heterocycles. The molecule has 0 aromatic heterocycles. The summed E-state index contributed by atoms with van der Waals surface area (Å²) in [4.78, 5) is 2.32. The molecular weight excluding hydrogens is 86.1 g/mol. The number of nitrogens with two attached hydrogens (primary N) is 1. The summed E-state index contributed by atoms with van der Waals surface area (Å²) in [6.45, 7) is 0. The van der Waals surface area contributed by atoms with E-state index < -0.39 is 0 Å². The first-order valence-electron chi connectivity index (χ1n) is 1.20. The molecule has 0 unspecified atom stereocenters. The van der Waals surface area contributed by atoms with Crippen molar-refractivity contribution in [3.63, 3.8) is 0 Å². The summed E-state index contributed by atoms with van der Waals surface area (Å²) in [5.41, 5.74) is 0. The van der Waals surface area contributed by atoms with Crippen molar-refractivity contribution >= 4 is 12.1 Å². The van der Waals surface area contributed by atoms with Gasteiger partial charge in [-0.2, -0.15) is 4.83 Å². The van der Waals surface area contributed by atoms with Crippen molar-refractivity contribution in [1.29, 1.82) is 0 Å². The molecule has 5 heavy (non-hydrogen) atoms. The van der Waals surface area contributed by atoms with Gasteiger partial charge in [-0.05, 0) is 7.05 Å². The van der Waals surface area contributed by atoms with E-state index in [0.29, 0.717) is 0 Å². The van der Waals surface area contributed by atoms with Crippen LogP contribution in [-0.4, -0.2) is 7.05 Å². The van der Waals surface area contributed by atoms with Crippen molar-refractivity contribution in [3.05, 3.63) is 0 Å². The van der Waals surface area contributed by atoms with Gasteiger partial charge in [0.1, 0.15) is 0 Å². The van der Waals surface area contributed by atoms with E-state index in [1.54, 1.807) is 7.05 Å². The second kappa shape index (κ2) is 4.23. The Kier molecular flexibility index (Phi) is 4.42. The maximum absolute atomic E-state index is 4.79. The second-order valence-electron chi connectivity index (χ2n) is 0.424. The molecule has 0 heterocycles. The van der Waals surface area contributed by atoms with E-state index in [4.69, 9.17) is 5.84 Å². The molecule has 0 amide bonds. The zero-order valence-corrected chi connectivity index (χ0v) is 3.80. The first-order chi connectivity index (χ1) is 2.41. The van der Waals surface area contributed by atoms with Crippen LogP contribution >= 0.6 is 12.1 Å². The third-order valence-corrected chi connectivity index (χ3v) is 0.483. The molecule has 0 aliphatic heterocycles. The van der Waals surface area contributed by atoms with Crippen LogP contribution in [0.3, 0.4) is 0 Å². The van der Waals surface area contributed by atoms with E-state index in [1.165, 1.54) is 12.1 Å². The highest BCUT2D eigenvalue weighted by molar-refractivity contribution is 7.95. The first-order valence-corrected chi connectivity index (χ1v) is 2.01. The fourth-order valence-electron chi connectivity index (χ4n) is 0.0589. The van der Waals surface area contributed by atoms with Gasteiger partial charge in [0.2, 0.25) is 0 Å². The fraction of sp³-hybridized carbons (Fsp3) is 1.00. The molecule has 0 aromatic carbocycles. The Balaban J connectivity index is 2.19. The summed E-state index contributed by atoms with van der Waals surface area (Å²) in [5.74, 6) is 4.79. The molecule has 0 fully saturated rings. The van der Waals surface area contributed by atoms with Crippen LogP contribution in [0, 0.1) is 0 Å². The van der Waals surface area contributed by atoms with Crippen LogP contribution < -0.4 is 15.4 Å². The average molecular weight is 93.2 g/mol. The van der Waals surface area contributed by atoms with Gasteiger partial charge in [-0.25, -0.2) is 0 Å². The van der Waals surface area contributed by atoms with Gasteiger partial charge in [0.15, 0.2) is 0 Å². The van der Waals surface area contributed by atoms with Gasteiger partial charge in [0.05, 0.1) is 0 Å². The topological polar surface area (TPSA) is 50.1 Å². The molecule has 0 rings (SSSR count). The van der Waals surface area contributed by atoms with E-state index in [0.717, 1.165) is 0 Å². The van der Waals surface area contributed by atoms with E-state index >= 15 is 0 Å². The second-order valence-corrected chi connectivity index (χ2v) is 1.27. The highest BCUT2D eigenvalue weighted by Gasteiger charge is 1.61. The summed E-state index contributed by atoms with van der Waals surface area (Å²) >= 11 is 1.24. The van der Waals surface area contributed by atoms with Crippen LogP contribution in [0.15, 0.2) is 0 Å². The largest absolute Gasteiger partial charge is 0.261 e. The third kappa shape index (κ3) is 4.23. The fourth-order valence-corrected chi connectivity index (χ4v) is 0.177. The molecule has 0 atom stereocenters. The van der Waals surface area contributed by atoms with Crippen LogP contribution in [-0.2, 0) is 0 Å². The third-order valence-electron chi connectivity index (χ3n) is 0.161. The molecule has 0 aromatic rings. The molecule has 0 saturated carbocycles. The lowest BCUT2D eigenvalue weighted by molar-refractivity contribution is 1.09. The van der Waals surface area contributed by atoms with Crippen LogP contribution in [0.2, 0.25) is 0 Å². The Morgan fingerprint density at radius 2 is 2.40 bits per heavy atom. The summed E-state index contributed by atoms with van der Waals surface area (Å²) in [5, 5.41) is 0. The Morgan fingerprint density at radius 3 is 2.40 bits per heavy atom. The Morgan fingerprint density at radius 1 is 1.80 bits per heavy atom. The molecule has 4 N–H and O–H groups in total. The highest BCUT2D eigenvalue weighted by atomic mass is 32.2. The lowest BCUT2D eigenvalue weighted by atomic mass is 11.6. The van der Waals surface area contributed by atoms with Crippen molar-refractivity contribution in [2.24, 2.45) is 5.84 Å². The molecule has 32 valence electrons. The SMILES string of the molecule is CNSNN. The number of hydrogen-bond donors (Lipinski definition) is 3. The number of hydrogen-bond acceptors (Lipinski definition) is 4. The normalized spacial score (nSPS) is 8.40. The molecular formula is CH7N3S. The minimum atomic E-state index is 1.24. The monoisotopic (exact) mass is 93.0 g/mol. The van der Waals surface area contributed by atoms with Gasteiger partial charge in [0, 0.05) is 12.1 Å². The Labute approximate surface area is 35.5 Å². The molecule has 0 aliphatic rings. The van der Waals surface area contributed by atoms with E-state index in [9.17, 15) is 0 Å². The van der Waals surface area contributed by atoms with Crippen LogP contribution in [0.25, 0.3) is 0 Å². The van der Waals surface area contributed by atoms with Crippen LogP contribution in [0.5, 0.6) is 0 Å².